The summed E-state index contributed by atoms with van der Waals surface area (Å²) in [7, 11) is 0. The van der Waals surface area contributed by atoms with E-state index in [0.717, 1.165) is 10.8 Å². The first-order chi connectivity index (χ1) is 8.60. The number of hydrogen-bond acceptors (Lipinski definition) is 6. The van der Waals surface area contributed by atoms with Gasteiger partial charge < -0.3 is 5.32 Å². The molecule has 18 heavy (non-hydrogen) atoms. The van der Waals surface area contributed by atoms with E-state index in [0.29, 0.717) is 23.1 Å². The lowest BCUT2D eigenvalue weighted by Crippen LogP contribution is -2.00. The number of nitrogens with zero attached hydrogens (tertiary/aromatic N) is 4. The third kappa shape index (κ3) is 2.63. The van der Waals surface area contributed by atoms with Gasteiger partial charge in [-0.15, -0.1) is 11.3 Å². The molecule has 2 heterocycles. The Morgan fingerprint density at radius 3 is 2.78 bits per heavy atom. The van der Waals surface area contributed by atoms with Gasteiger partial charge in [0.05, 0.1) is 11.9 Å². The van der Waals surface area contributed by atoms with Crippen molar-refractivity contribution in [2.75, 3.05) is 5.32 Å². The van der Waals surface area contributed by atoms with Crippen LogP contribution in [-0.4, -0.2) is 15.0 Å². The first-order valence-electron chi connectivity index (χ1n) is 5.56. The molecule has 0 aliphatic rings. The summed E-state index contributed by atoms with van der Waals surface area (Å²) in [5, 5.41) is 14.8. The quantitative estimate of drug-likeness (QED) is 0.917. The Morgan fingerprint density at radius 2 is 2.17 bits per heavy atom. The predicted octanol–water partition coefficient (Wildman–Crippen LogP) is 2.98. The largest absolute Gasteiger partial charge is 0.315 e. The second-order valence-corrected chi connectivity index (χ2v) is 5.01. The van der Waals surface area contributed by atoms with E-state index in [1.165, 1.54) is 17.5 Å². The third-order valence-electron chi connectivity index (χ3n) is 2.37. The van der Waals surface area contributed by atoms with Crippen LogP contribution >= 0.6 is 11.3 Å². The van der Waals surface area contributed by atoms with Crippen molar-refractivity contribution in [2.45, 2.75) is 26.7 Å². The second-order valence-electron chi connectivity index (χ2n) is 4.15. The summed E-state index contributed by atoms with van der Waals surface area (Å²) in [4.78, 5) is 12.7. The van der Waals surface area contributed by atoms with Crippen molar-refractivity contribution in [1.29, 1.82) is 5.26 Å². The molecule has 0 radical (unpaired) electrons. The highest BCUT2D eigenvalue weighted by atomic mass is 32.1. The van der Waals surface area contributed by atoms with E-state index in [2.05, 4.69) is 40.2 Å². The summed E-state index contributed by atoms with van der Waals surface area (Å²) in [5.74, 6) is 1.52. The molecule has 0 amide bonds. The zero-order chi connectivity index (χ0) is 13.1. The van der Waals surface area contributed by atoms with E-state index >= 15 is 0 Å². The van der Waals surface area contributed by atoms with Crippen LogP contribution in [0.15, 0.2) is 11.6 Å². The molecule has 2 aromatic heterocycles. The van der Waals surface area contributed by atoms with E-state index in [1.807, 2.05) is 5.38 Å². The minimum Gasteiger partial charge on any atom is -0.315 e. The van der Waals surface area contributed by atoms with E-state index in [1.54, 1.807) is 6.92 Å². The maximum Gasteiger partial charge on any atom is 0.188 e. The molecule has 0 saturated heterocycles. The highest BCUT2D eigenvalue weighted by molar-refractivity contribution is 7.13. The van der Waals surface area contributed by atoms with Crippen molar-refractivity contribution in [3.63, 3.8) is 0 Å². The minimum absolute atomic E-state index is 0.388. The van der Waals surface area contributed by atoms with Crippen molar-refractivity contribution in [2.24, 2.45) is 0 Å². The number of nitriles is 1. The number of hydrogen-bond donors (Lipinski definition) is 1. The fourth-order valence-electron chi connectivity index (χ4n) is 1.36. The van der Waals surface area contributed by atoms with Gasteiger partial charge in [-0.25, -0.2) is 15.0 Å². The summed E-state index contributed by atoms with van der Waals surface area (Å²) >= 11 is 1.51. The average Bonchev–Trinajstić information content (AvgIpc) is 2.78. The van der Waals surface area contributed by atoms with Gasteiger partial charge in [-0.1, -0.05) is 13.8 Å². The van der Waals surface area contributed by atoms with Gasteiger partial charge in [0.1, 0.15) is 17.5 Å². The molecule has 2 rings (SSSR count). The van der Waals surface area contributed by atoms with Gasteiger partial charge in [-0.3, -0.25) is 0 Å². The van der Waals surface area contributed by atoms with Gasteiger partial charge in [-0.2, -0.15) is 5.26 Å². The van der Waals surface area contributed by atoms with Crippen LogP contribution < -0.4 is 5.32 Å². The molecule has 0 aliphatic carbocycles. The number of anilines is 2. The molecule has 0 aromatic carbocycles. The number of aromatic nitrogens is 3. The van der Waals surface area contributed by atoms with Crippen molar-refractivity contribution >= 4 is 22.3 Å². The molecule has 0 fully saturated rings. The number of thiazole rings is 1. The first kappa shape index (κ1) is 12.5. The normalized spacial score (nSPS) is 10.4. The molecule has 2 aromatic rings. The van der Waals surface area contributed by atoms with Crippen molar-refractivity contribution < 1.29 is 0 Å². The molecule has 0 aliphatic heterocycles. The summed E-state index contributed by atoms with van der Waals surface area (Å²) < 4.78 is 0. The van der Waals surface area contributed by atoms with Gasteiger partial charge in [-0.05, 0) is 12.8 Å². The van der Waals surface area contributed by atoms with Gasteiger partial charge in [0.15, 0.2) is 10.9 Å². The first-order valence-corrected chi connectivity index (χ1v) is 6.44. The lowest BCUT2D eigenvalue weighted by atomic mass is 10.2. The van der Waals surface area contributed by atoms with E-state index in [9.17, 15) is 0 Å². The van der Waals surface area contributed by atoms with Crippen molar-refractivity contribution in [3.8, 4) is 6.07 Å². The molecule has 0 bridgehead atoms. The van der Waals surface area contributed by atoms with Crippen LogP contribution in [0.5, 0.6) is 0 Å². The summed E-state index contributed by atoms with van der Waals surface area (Å²) in [6.45, 7) is 5.97. The zero-order valence-electron chi connectivity index (χ0n) is 10.4. The Bertz CT molecular complexity index is 597. The van der Waals surface area contributed by atoms with E-state index < -0.39 is 0 Å². The molecule has 0 atom stereocenters. The second kappa shape index (κ2) is 5.10. The van der Waals surface area contributed by atoms with Crippen molar-refractivity contribution in [3.05, 3.63) is 28.7 Å². The molecule has 92 valence electrons. The van der Waals surface area contributed by atoms with Crippen LogP contribution in [0.1, 0.15) is 36.8 Å². The van der Waals surface area contributed by atoms with Crippen LogP contribution in [0.25, 0.3) is 0 Å². The van der Waals surface area contributed by atoms with E-state index in [4.69, 9.17) is 5.26 Å². The average molecular weight is 259 g/mol. The molecule has 5 nitrogen and oxygen atoms in total. The van der Waals surface area contributed by atoms with Gasteiger partial charge in [0.25, 0.3) is 0 Å². The Labute approximate surface area is 110 Å². The summed E-state index contributed by atoms with van der Waals surface area (Å²) in [6.07, 6.45) is 1.52. The molecule has 6 heteroatoms. The highest BCUT2D eigenvalue weighted by Crippen LogP contribution is 2.25. The molecular weight excluding hydrogens is 246 g/mol. The Hall–Kier alpha value is -2.00. The Morgan fingerprint density at radius 1 is 1.39 bits per heavy atom. The smallest absolute Gasteiger partial charge is 0.188 e. The fraction of sp³-hybridized carbons (Fsp3) is 0.333. The zero-order valence-corrected chi connectivity index (χ0v) is 11.2. The highest BCUT2D eigenvalue weighted by Gasteiger charge is 2.09. The van der Waals surface area contributed by atoms with E-state index in [-0.39, 0.29) is 0 Å². The summed E-state index contributed by atoms with van der Waals surface area (Å²) in [6, 6.07) is 2.06. The van der Waals surface area contributed by atoms with Crippen LogP contribution in [0.3, 0.4) is 0 Å². The lowest BCUT2D eigenvalue weighted by molar-refractivity contribution is 0.834. The SMILES string of the molecule is Cc1ncc(C#N)c(Nc2nc(C(C)C)cs2)n1. The fourth-order valence-corrected chi connectivity index (χ4v) is 2.23. The molecule has 1 N–H and O–H groups in total. The molecule has 0 unspecified atom stereocenters. The maximum absolute atomic E-state index is 8.99. The van der Waals surface area contributed by atoms with Crippen LogP contribution in [-0.2, 0) is 0 Å². The third-order valence-corrected chi connectivity index (χ3v) is 3.14. The predicted molar refractivity (Wildman–Crippen MR) is 71.0 cm³/mol. The Kier molecular flexibility index (Phi) is 3.53. The van der Waals surface area contributed by atoms with Gasteiger partial charge >= 0.3 is 0 Å². The monoisotopic (exact) mass is 259 g/mol. The lowest BCUT2D eigenvalue weighted by Gasteiger charge is -2.04. The minimum atomic E-state index is 0.388. The van der Waals surface area contributed by atoms with Crippen molar-refractivity contribution in [1.82, 2.24) is 15.0 Å². The number of nitrogens with one attached hydrogen (secondary N) is 1. The molecule has 0 saturated carbocycles. The van der Waals surface area contributed by atoms with Crippen LogP contribution in [0.4, 0.5) is 10.9 Å². The Balaban J connectivity index is 2.28. The molecule has 0 spiro atoms. The van der Waals surface area contributed by atoms with Gasteiger partial charge in [0, 0.05) is 5.38 Å². The van der Waals surface area contributed by atoms with Crippen LogP contribution in [0, 0.1) is 18.3 Å². The van der Waals surface area contributed by atoms with Gasteiger partial charge in [0.2, 0.25) is 0 Å². The summed E-state index contributed by atoms with van der Waals surface area (Å²) in [5.41, 5.74) is 1.45. The van der Waals surface area contributed by atoms with Crippen LogP contribution in [0.2, 0.25) is 0 Å². The number of rotatable bonds is 3. The molecular formula is C12H13N5S. The standard InChI is InChI=1S/C12H13N5S/c1-7(2)10-6-18-12(16-10)17-11-9(4-13)5-14-8(3)15-11/h5-7H,1-3H3,(H,14,15,16,17). The maximum atomic E-state index is 8.99. The topological polar surface area (TPSA) is 74.5 Å². The number of aryl methyl sites for hydroxylation is 1.